The molecular weight excluding hydrogens is 501 g/mol. The highest BCUT2D eigenvalue weighted by atomic mass is 127. The van der Waals surface area contributed by atoms with Gasteiger partial charge in [-0.1, -0.05) is 0 Å². The van der Waals surface area contributed by atoms with Gasteiger partial charge in [0.1, 0.15) is 12.3 Å². The maximum Gasteiger partial charge on any atom is 0.196 e. The predicted molar refractivity (Wildman–Crippen MR) is 126 cm³/mol. The van der Waals surface area contributed by atoms with E-state index in [1.165, 1.54) is 0 Å². The van der Waals surface area contributed by atoms with Crippen molar-refractivity contribution in [1.29, 1.82) is 0 Å². The second-order valence-electron chi connectivity index (χ2n) is 6.47. The van der Waals surface area contributed by atoms with E-state index in [0.717, 1.165) is 42.3 Å². The average Bonchev–Trinajstić information content (AvgIpc) is 3.15. The Hall–Kier alpha value is -1.98. The van der Waals surface area contributed by atoms with Gasteiger partial charge >= 0.3 is 0 Å². The second-order valence-corrected chi connectivity index (χ2v) is 6.47. The predicted octanol–water partition coefficient (Wildman–Crippen LogP) is 3.67. The summed E-state index contributed by atoms with van der Waals surface area (Å²) < 4.78 is 27.3. The van der Waals surface area contributed by atoms with Crippen LogP contribution in [0, 0.1) is 0 Å². The van der Waals surface area contributed by atoms with Crippen molar-refractivity contribution in [3.63, 3.8) is 0 Å². The molecule has 30 heavy (non-hydrogen) atoms. The van der Waals surface area contributed by atoms with E-state index in [0.29, 0.717) is 45.5 Å². The summed E-state index contributed by atoms with van der Waals surface area (Å²) in [4.78, 5) is 4.61. The number of nitrogens with zero attached hydrogens (tertiary/aromatic N) is 1. The number of ether oxygens (including phenoxy) is 4. The minimum atomic E-state index is 0. The Morgan fingerprint density at radius 1 is 1.10 bits per heavy atom. The van der Waals surface area contributed by atoms with Gasteiger partial charge in [-0.2, -0.15) is 0 Å². The number of methoxy groups -OCH3 is 1. The van der Waals surface area contributed by atoms with Crippen LogP contribution in [0.3, 0.4) is 0 Å². The van der Waals surface area contributed by atoms with Gasteiger partial charge in [0.05, 0.1) is 32.7 Å². The first-order valence-corrected chi connectivity index (χ1v) is 9.89. The number of fused-ring (bicyclic) bond motifs is 1. The molecule has 1 aromatic heterocycles. The monoisotopic (exact) mass is 531 g/mol. The molecule has 9 heteroatoms. The lowest BCUT2D eigenvalue weighted by molar-refractivity contribution is 0.0699. The first-order chi connectivity index (χ1) is 14.3. The normalized spacial score (nSPS) is 13.3. The van der Waals surface area contributed by atoms with Crippen molar-refractivity contribution in [2.45, 2.75) is 19.4 Å². The summed E-state index contributed by atoms with van der Waals surface area (Å²) >= 11 is 0. The fraction of sp³-hybridized carbons (Fsp3) is 0.476. The van der Waals surface area contributed by atoms with Gasteiger partial charge in [-0.05, 0) is 30.7 Å². The van der Waals surface area contributed by atoms with Gasteiger partial charge in [-0.3, -0.25) is 0 Å². The Labute approximate surface area is 194 Å². The van der Waals surface area contributed by atoms with Crippen LogP contribution in [0.4, 0.5) is 5.69 Å². The molecule has 0 spiro atoms. The van der Waals surface area contributed by atoms with E-state index in [1.807, 2.05) is 30.3 Å². The van der Waals surface area contributed by atoms with Crippen LogP contribution in [0.15, 0.2) is 46.0 Å². The number of nitrogens with one attached hydrogen (secondary N) is 2. The molecule has 0 atom stereocenters. The topological polar surface area (TPSA) is 86.5 Å². The fourth-order valence-electron chi connectivity index (χ4n) is 2.70. The largest absolute Gasteiger partial charge is 0.490 e. The average molecular weight is 531 g/mol. The molecule has 0 saturated heterocycles. The van der Waals surface area contributed by atoms with Crippen molar-refractivity contribution in [3.8, 4) is 11.5 Å². The van der Waals surface area contributed by atoms with E-state index >= 15 is 0 Å². The minimum Gasteiger partial charge on any atom is -0.490 e. The molecule has 3 rings (SSSR count). The van der Waals surface area contributed by atoms with Crippen molar-refractivity contribution in [2.24, 2.45) is 4.99 Å². The summed E-state index contributed by atoms with van der Waals surface area (Å²) in [7, 11) is 1.66. The molecule has 0 amide bonds. The van der Waals surface area contributed by atoms with Crippen LogP contribution in [0.5, 0.6) is 11.5 Å². The lowest BCUT2D eigenvalue weighted by Crippen LogP contribution is -2.32. The lowest BCUT2D eigenvalue weighted by Gasteiger charge is -2.14. The number of aliphatic imine (C=N–C) groups is 1. The molecule has 8 nitrogen and oxygen atoms in total. The molecule has 2 N–H and O–H groups in total. The second kappa shape index (κ2) is 14.1. The van der Waals surface area contributed by atoms with Gasteiger partial charge < -0.3 is 34.0 Å². The van der Waals surface area contributed by atoms with Gasteiger partial charge in [0.2, 0.25) is 0 Å². The summed E-state index contributed by atoms with van der Waals surface area (Å²) in [6.07, 6.45) is 3.38. The van der Waals surface area contributed by atoms with Gasteiger partial charge in [-0.25, -0.2) is 4.99 Å². The van der Waals surface area contributed by atoms with E-state index in [1.54, 1.807) is 13.4 Å². The molecule has 0 aliphatic carbocycles. The Morgan fingerprint density at radius 2 is 1.97 bits per heavy atom. The number of rotatable bonds is 10. The maximum atomic E-state index is 5.77. The number of halogens is 1. The van der Waals surface area contributed by atoms with Gasteiger partial charge in [0.15, 0.2) is 17.5 Å². The highest BCUT2D eigenvalue weighted by Crippen LogP contribution is 2.32. The molecule has 2 aromatic rings. The van der Waals surface area contributed by atoms with Crippen LogP contribution in [0.1, 0.15) is 18.6 Å². The Bertz CT molecular complexity index is 755. The van der Waals surface area contributed by atoms with E-state index < -0.39 is 0 Å². The highest BCUT2D eigenvalue weighted by Gasteiger charge is 2.11. The molecule has 0 unspecified atom stereocenters. The van der Waals surface area contributed by atoms with E-state index in [-0.39, 0.29) is 24.0 Å². The Balaban J connectivity index is 0.00000320. The first kappa shape index (κ1) is 24.3. The number of furan rings is 1. The molecule has 0 saturated carbocycles. The standard InChI is InChI=1S/C21H29N3O5.HI/c1-25-13-14-26-9-3-8-22-21(23-16-18-5-2-10-27-18)24-17-6-7-19-20(15-17)29-12-4-11-28-19;/h2,5-7,10,15H,3-4,8-9,11-14,16H2,1H3,(H2,22,23,24);1H. The molecule has 1 aliphatic rings. The van der Waals surface area contributed by atoms with E-state index in [4.69, 9.17) is 23.4 Å². The van der Waals surface area contributed by atoms with E-state index in [2.05, 4.69) is 15.6 Å². The van der Waals surface area contributed by atoms with Gasteiger partial charge in [0, 0.05) is 38.4 Å². The summed E-state index contributed by atoms with van der Waals surface area (Å²) in [5.41, 5.74) is 0.872. The zero-order chi connectivity index (χ0) is 20.2. The van der Waals surface area contributed by atoms with Crippen molar-refractivity contribution in [3.05, 3.63) is 42.4 Å². The lowest BCUT2D eigenvalue weighted by atomic mass is 10.2. The maximum absolute atomic E-state index is 5.77. The van der Waals surface area contributed by atoms with Crippen LogP contribution >= 0.6 is 24.0 Å². The summed E-state index contributed by atoms with van der Waals surface area (Å²) in [6.45, 7) is 4.35. The molecule has 166 valence electrons. The first-order valence-electron chi connectivity index (χ1n) is 9.89. The van der Waals surface area contributed by atoms with Gasteiger partial charge in [0.25, 0.3) is 0 Å². The highest BCUT2D eigenvalue weighted by molar-refractivity contribution is 14.0. The van der Waals surface area contributed by atoms with Crippen LogP contribution in [0.2, 0.25) is 0 Å². The van der Waals surface area contributed by atoms with Crippen LogP contribution in [-0.4, -0.2) is 52.6 Å². The number of guanidine groups is 1. The Morgan fingerprint density at radius 3 is 2.77 bits per heavy atom. The molecule has 1 aliphatic heterocycles. The molecular formula is C21H30IN3O5. The zero-order valence-corrected chi connectivity index (χ0v) is 19.6. The third kappa shape index (κ3) is 8.41. The molecule has 2 heterocycles. The van der Waals surface area contributed by atoms with Crippen molar-refractivity contribution in [1.82, 2.24) is 5.32 Å². The number of hydrogen-bond donors (Lipinski definition) is 2. The van der Waals surface area contributed by atoms with Crippen molar-refractivity contribution >= 4 is 35.6 Å². The number of benzene rings is 1. The quantitative estimate of drug-likeness (QED) is 0.210. The number of anilines is 1. The summed E-state index contributed by atoms with van der Waals surface area (Å²) in [5.74, 6) is 2.97. The minimum absolute atomic E-state index is 0. The summed E-state index contributed by atoms with van der Waals surface area (Å²) in [5, 5.41) is 6.65. The SMILES string of the molecule is COCCOCCCNC(=NCc1ccco1)Nc1ccc2c(c1)OCCCO2.I. The molecule has 1 aromatic carbocycles. The van der Waals surface area contributed by atoms with E-state index in [9.17, 15) is 0 Å². The van der Waals surface area contributed by atoms with Crippen LogP contribution < -0.4 is 20.1 Å². The zero-order valence-electron chi connectivity index (χ0n) is 17.2. The molecule has 0 bridgehead atoms. The fourth-order valence-corrected chi connectivity index (χ4v) is 2.70. The van der Waals surface area contributed by atoms with Crippen LogP contribution in [-0.2, 0) is 16.0 Å². The smallest absolute Gasteiger partial charge is 0.196 e. The molecule has 0 radical (unpaired) electrons. The van der Waals surface area contributed by atoms with Gasteiger partial charge in [-0.15, -0.1) is 24.0 Å². The Kier molecular flexibility index (Phi) is 11.4. The van der Waals surface area contributed by atoms with Crippen LogP contribution in [0.25, 0.3) is 0 Å². The number of hydrogen-bond acceptors (Lipinski definition) is 6. The summed E-state index contributed by atoms with van der Waals surface area (Å²) in [6, 6.07) is 9.55. The third-order valence-corrected chi connectivity index (χ3v) is 4.17. The van der Waals surface area contributed by atoms with Crippen molar-refractivity contribution < 1.29 is 23.4 Å². The molecule has 0 fully saturated rings. The third-order valence-electron chi connectivity index (χ3n) is 4.17. The van der Waals surface area contributed by atoms with Crippen molar-refractivity contribution in [2.75, 3.05) is 52.0 Å².